The summed E-state index contributed by atoms with van der Waals surface area (Å²) in [4.78, 5) is 28.1. The predicted molar refractivity (Wildman–Crippen MR) is 56.3 cm³/mol. The van der Waals surface area contributed by atoms with Gasteiger partial charge in [-0.1, -0.05) is 0 Å². The van der Waals surface area contributed by atoms with Gasteiger partial charge >= 0.3 is 13.6 Å². The van der Waals surface area contributed by atoms with Crippen LogP contribution in [0.1, 0.15) is 12.8 Å². The Labute approximate surface area is 93.6 Å². The van der Waals surface area contributed by atoms with Gasteiger partial charge in [0.1, 0.15) is 6.04 Å². The van der Waals surface area contributed by atoms with Gasteiger partial charge < -0.3 is 20.2 Å². The zero-order chi connectivity index (χ0) is 10.8. The van der Waals surface area contributed by atoms with E-state index in [2.05, 4.69) is 5.32 Å². The molecule has 2 atom stereocenters. The molecule has 1 aliphatic heterocycles. The van der Waals surface area contributed by atoms with Crippen LogP contribution in [0.3, 0.4) is 0 Å². The third-order valence-electron chi connectivity index (χ3n) is 2.31. The van der Waals surface area contributed by atoms with E-state index < -0.39 is 19.6 Å². The highest BCUT2D eigenvalue weighted by Gasteiger charge is 2.30. The molecule has 8 heteroatoms. The van der Waals surface area contributed by atoms with Crippen LogP contribution < -0.4 is 5.32 Å². The van der Waals surface area contributed by atoms with Crippen molar-refractivity contribution in [2.24, 2.45) is 5.92 Å². The smallest absolute Gasteiger partial charge is 0.325 e. The van der Waals surface area contributed by atoms with Gasteiger partial charge in [0.25, 0.3) is 0 Å². The number of carbonyl (C=O) groups is 1. The summed E-state index contributed by atoms with van der Waals surface area (Å²) in [5.41, 5.74) is 0. The quantitative estimate of drug-likeness (QED) is 0.533. The lowest BCUT2D eigenvalue weighted by Gasteiger charge is -2.27. The third-order valence-corrected chi connectivity index (χ3v) is 3.30. The Morgan fingerprint density at radius 3 is 2.53 bits per heavy atom. The summed E-state index contributed by atoms with van der Waals surface area (Å²) in [6, 6.07) is -0.666. The average Bonchev–Trinajstić information content (AvgIpc) is 2.01. The second kappa shape index (κ2) is 5.82. The summed E-state index contributed by atoms with van der Waals surface area (Å²) < 4.78 is 10.7. The van der Waals surface area contributed by atoms with Crippen LogP contribution in [-0.4, -0.2) is 39.6 Å². The molecule has 1 aliphatic rings. The number of carboxylic acid groups (broad SMARTS) is 1. The van der Waals surface area contributed by atoms with Crippen LogP contribution in [0, 0.1) is 5.92 Å². The van der Waals surface area contributed by atoms with Gasteiger partial charge in [0, 0.05) is 0 Å². The van der Waals surface area contributed by atoms with E-state index in [1.807, 2.05) is 0 Å². The Morgan fingerprint density at radius 1 is 1.47 bits per heavy atom. The number of piperidine rings is 1. The van der Waals surface area contributed by atoms with Gasteiger partial charge in [-0.25, -0.2) is 0 Å². The zero-order valence-electron chi connectivity index (χ0n) is 8.00. The van der Waals surface area contributed by atoms with E-state index in [0.29, 0.717) is 19.4 Å². The molecule has 4 N–H and O–H groups in total. The molecule has 1 heterocycles. The Kier molecular flexibility index (Phi) is 5.77. The number of rotatable bonds is 3. The fraction of sp³-hybridized carbons (Fsp3) is 0.857. The minimum absolute atomic E-state index is 0. The Morgan fingerprint density at radius 2 is 2.07 bits per heavy atom. The standard InChI is InChI=1S/C7H14NO5P.ClH/c9-7(10)6-3-5(1-2-8-6)4-14(11,12)13;/h5-6,8H,1-4H2,(H,9,10)(H2,11,12,13);1H/t5-,6+;/m0./s1. The summed E-state index contributed by atoms with van der Waals surface area (Å²) in [5, 5.41) is 11.5. The Hall–Kier alpha value is -0.130. The van der Waals surface area contributed by atoms with Gasteiger partial charge in [0.05, 0.1) is 6.16 Å². The molecule has 0 bridgehead atoms. The van der Waals surface area contributed by atoms with Crippen LogP contribution in [0.25, 0.3) is 0 Å². The molecule has 1 saturated heterocycles. The van der Waals surface area contributed by atoms with E-state index in [1.165, 1.54) is 0 Å². The minimum atomic E-state index is -4.01. The van der Waals surface area contributed by atoms with E-state index in [0.717, 1.165) is 0 Å². The van der Waals surface area contributed by atoms with E-state index in [1.54, 1.807) is 0 Å². The fourth-order valence-electron chi connectivity index (χ4n) is 1.69. The highest BCUT2D eigenvalue weighted by Crippen LogP contribution is 2.39. The van der Waals surface area contributed by atoms with Crippen molar-refractivity contribution >= 4 is 26.0 Å². The van der Waals surface area contributed by atoms with Gasteiger partial charge in [-0.15, -0.1) is 12.4 Å². The Bertz CT molecular complexity index is 268. The number of halogens is 1. The summed E-state index contributed by atoms with van der Waals surface area (Å²) in [6.45, 7) is 0.502. The number of aliphatic carboxylic acids is 1. The largest absolute Gasteiger partial charge is 0.480 e. The SMILES string of the molecule is Cl.O=C(O)[C@H]1C[C@@H](CP(=O)(O)O)CCN1. The molecule has 90 valence electrons. The molecule has 15 heavy (non-hydrogen) atoms. The highest BCUT2D eigenvalue weighted by atomic mass is 35.5. The molecule has 0 spiro atoms. The molecule has 0 amide bonds. The lowest BCUT2D eigenvalue weighted by molar-refractivity contribution is -0.140. The van der Waals surface area contributed by atoms with Crippen molar-refractivity contribution in [3.8, 4) is 0 Å². The first-order chi connectivity index (χ1) is 6.38. The summed E-state index contributed by atoms with van der Waals surface area (Å²) in [7, 11) is -4.01. The normalized spacial score (nSPS) is 26.8. The van der Waals surface area contributed by atoms with Crippen LogP contribution in [0.4, 0.5) is 0 Å². The number of hydrogen-bond acceptors (Lipinski definition) is 3. The number of nitrogens with one attached hydrogen (secondary N) is 1. The molecule has 1 fully saturated rings. The van der Waals surface area contributed by atoms with Crippen molar-refractivity contribution in [3.63, 3.8) is 0 Å². The monoisotopic (exact) mass is 259 g/mol. The van der Waals surface area contributed by atoms with Crippen molar-refractivity contribution in [2.45, 2.75) is 18.9 Å². The lowest BCUT2D eigenvalue weighted by atomic mass is 9.94. The number of hydrogen-bond donors (Lipinski definition) is 4. The van der Waals surface area contributed by atoms with Crippen molar-refractivity contribution < 1.29 is 24.3 Å². The summed E-state index contributed by atoms with van der Waals surface area (Å²) >= 11 is 0. The second-order valence-electron chi connectivity index (χ2n) is 3.58. The number of carboxylic acids is 1. The maximum absolute atomic E-state index is 10.7. The van der Waals surface area contributed by atoms with E-state index in [9.17, 15) is 9.36 Å². The van der Waals surface area contributed by atoms with Gasteiger partial charge in [0.15, 0.2) is 0 Å². The van der Waals surface area contributed by atoms with Gasteiger partial charge in [-0.3, -0.25) is 9.36 Å². The van der Waals surface area contributed by atoms with Crippen LogP contribution >= 0.6 is 20.0 Å². The highest BCUT2D eigenvalue weighted by molar-refractivity contribution is 7.51. The Balaban J connectivity index is 0.00000196. The zero-order valence-corrected chi connectivity index (χ0v) is 9.71. The molecule has 6 nitrogen and oxygen atoms in total. The molecule has 0 aliphatic carbocycles. The maximum Gasteiger partial charge on any atom is 0.325 e. The second-order valence-corrected chi connectivity index (χ2v) is 5.28. The molecular formula is C7H15ClNO5P. The van der Waals surface area contributed by atoms with Crippen molar-refractivity contribution in [2.75, 3.05) is 12.7 Å². The van der Waals surface area contributed by atoms with E-state index in [4.69, 9.17) is 14.9 Å². The molecule has 0 aromatic carbocycles. The molecule has 0 radical (unpaired) electrons. The summed E-state index contributed by atoms with van der Waals surface area (Å²) in [5.74, 6) is -1.15. The average molecular weight is 260 g/mol. The molecule has 0 aromatic heterocycles. The van der Waals surface area contributed by atoms with Gasteiger partial charge in [0.2, 0.25) is 0 Å². The first kappa shape index (κ1) is 14.9. The van der Waals surface area contributed by atoms with Crippen molar-refractivity contribution in [1.82, 2.24) is 5.32 Å². The van der Waals surface area contributed by atoms with Crippen LogP contribution in [-0.2, 0) is 9.36 Å². The van der Waals surface area contributed by atoms with Gasteiger partial charge in [-0.05, 0) is 25.3 Å². The van der Waals surface area contributed by atoms with Crippen molar-refractivity contribution in [3.05, 3.63) is 0 Å². The van der Waals surface area contributed by atoms with Crippen molar-refractivity contribution in [1.29, 1.82) is 0 Å². The first-order valence-corrected chi connectivity index (χ1v) is 6.19. The van der Waals surface area contributed by atoms with Crippen LogP contribution in [0.15, 0.2) is 0 Å². The molecule has 0 unspecified atom stereocenters. The van der Waals surface area contributed by atoms with Crippen LogP contribution in [0.2, 0.25) is 0 Å². The molecule has 1 rings (SSSR count). The van der Waals surface area contributed by atoms with Crippen LogP contribution in [0.5, 0.6) is 0 Å². The topological polar surface area (TPSA) is 107 Å². The lowest BCUT2D eigenvalue weighted by Crippen LogP contribution is -2.44. The van der Waals surface area contributed by atoms with E-state index >= 15 is 0 Å². The summed E-state index contributed by atoms with van der Waals surface area (Å²) in [6.07, 6.45) is 0.702. The predicted octanol–water partition coefficient (Wildman–Crippen LogP) is 0.0387. The molecule has 0 aromatic rings. The minimum Gasteiger partial charge on any atom is -0.480 e. The van der Waals surface area contributed by atoms with E-state index in [-0.39, 0.29) is 24.5 Å². The molecule has 0 saturated carbocycles. The first-order valence-electron chi connectivity index (χ1n) is 4.39. The third kappa shape index (κ3) is 5.49. The molecular weight excluding hydrogens is 245 g/mol. The maximum atomic E-state index is 10.7. The van der Waals surface area contributed by atoms with Gasteiger partial charge in [-0.2, -0.15) is 0 Å². The fourth-order valence-corrected chi connectivity index (χ4v) is 2.69.